The van der Waals surface area contributed by atoms with E-state index in [1.54, 1.807) is 4.90 Å². The van der Waals surface area contributed by atoms with Crippen LogP contribution in [-0.2, 0) is 9.05 Å². The van der Waals surface area contributed by atoms with E-state index in [9.17, 15) is 13.2 Å². The zero-order chi connectivity index (χ0) is 14.2. The van der Waals surface area contributed by atoms with Gasteiger partial charge < -0.3 is 9.88 Å². The zero-order valence-corrected chi connectivity index (χ0v) is 12.5. The number of amides is 1. The molecular formula is C12H17ClN2O3S. The fourth-order valence-corrected chi connectivity index (χ4v) is 3.23. The number of nitrogens with one attached hydrogen (secondary N) is 1. The van der Waals surface area contributed by atoms with Gasteiger partial charge in [0.2, 0.25) is 0 Å². The molecule has 0 bridgehead atoms. The molecule has 1 saturated heterocycles. The number of piperidine rings is 1. The van der Waals surface area contributed by atoms with Crippen LogP contribution in [0.25, 0.3) is 0 Å². The average molecular weight is 305 g/mol. The van der Waals surface area contributed by atoms with Crippen molar-refractivity contribution >= 4 is 25.6 Å². The van der Waals surface area contributed by atoms with Crippen LogP contribution in [0.2, 0.25) is 0 Å². The highest BCUT2D eigenvalue weighted by molar-refractivity contribution is 8.13. The van der Waals surface area contributed by atoms with Gasteiger partial charge in [0.25, 0.3) is 15.0 Å². The van der Waals surface area contributed by atoms with Crippen molar-refractivity contribution in [3.63, 3.8) is 0 Å². The predicted molar refractivity (Wildman–Crippen MR) is 72.7 cm³/mol. The van der Waals surface area contributed by atoms with E-state index in [0.29, 0.717) is 12.5 Å². The largest absolute Gasteiger partial charge is 0.356 e. The first kappa shape index (κ1) is 14.4. The van der Waals surface area contributed by atoms with Crippen LogP contribution < -0.4 is 0 Å². The van der Waals surface area contributed by atoms with Gasteiger partial charge in [0.1, 0.15) is 10.6 Å². The van der Waals surface area contributed by atoms with E-state index in [1.807, 2.05) is 6.92 Å². The molecule has 2 rings (SSSR count). The Kier molecular flexibility index (Phi) is 3.92. The van der Waals surface area contributed by atoms with Gasteiger partial charge in [0.05, 0.1) is 0 Å². The lowest BCUT2D eigenvalue weighted by Gasteiger charge is -2.36. The van der Waals surface area contributed by atoms with Gasteiger partial charge in [0.15, 0.2) is 0 Å². The monoisotopic (exact) mass is 304 g/mol. The standard InChI is InChI=1S/C12H17ClN2O3S/c1-8-3-4-15(9(2)5-8)12(16)11-6-10(7-14-11)19(13,17)18/h6-9,14H,3-5H2,1-2H3. The van der Waals surface area contributed by atoms with E-state index < -0.39 is 9.05 Å². The van der Waals surface area contributed by atoms with E-state index >= 15 is 0 Å². The molecular weight excluding hydrogens is 288 g/mol. The van der Waals surface area contributed by atoms with Gasteiger partial charge in [-0.1, -0.05) is 6.92 Å². The summed E-state index contributed by atoms with van der Waals surface area (Å²) in [5, 5.41) is 0. The van der Waals surface area contributed by atoms with Crippen molar-refractivity contribution in [2.45, 2.75) is 37.6 Å². The van der Waals surface area contributed by atoms with E-state index in [1.165, 1.54) is 12.3 Å². The molecule has 1 fully saturated rings. The first-order chi connectivity index (χ1) is 8.79. The van der Waals surface area contributed by atoms with Gasteiger partial charge in [-0.15, -0.1) is 0 Å². The quantitative estimate of drug-likeness (QED) is 0.852. The third-order valence-corrected chi connectivity index (χ3v) is 4.90. The molecule has 0 aliphatic carbocycles. The fraction of sp³-hybridized carbons (Fsp3) is 0.583. The molecule has 2 atom stereocenters. The lowest BCUT2D eigenvalue weighted by atomic mass is 9.93. The number of rotatable bonds is 2. The first-order valence-electron chi connectivity index (χ1n) is 6.23. The molecule has 7 heteroatoms. The maximum Gasteiger partial charge on any atom is 0.270 e. The Hall–Kier alpha value is -1.01. The minimum atomic E-state index is -3.80. The van der Waals surface area contributed by atoms with Crippen LogP contribution >= 0.6 is 10.7 Å². The summed E-state index contributed by atoms with van der Waals surface area (Å²) in [7, 11) is 1.44. The number of carbonyl (C=O) groups is 1. The Bertz CT molecular complexity index is 582. The van der Waals surface area contributed by atoms with Gasteiger partial charge in [-0.25, -0.2) is 8.42 Å². The summed E-state index contributed by atoms with van der Waals surface area (Å²) < 4.78 is 22.3. The lowest BCUT2D eigenvalue weighted by molar-refractivity contribution is 0.0583. The third-order valence-electron chi connectivity index (χ3n) is 3.57. The molecule has 5 nitrogen and oxygen atoms in total. The molecule has 0 aromatic carbocycles. The molecule has 1 aromatic rings. The number of hydrogen-bond donors (Lipinski definition) is 1. The maximum absolute atomic E-state index is 12.3. The van der Waals surface area contributed by atoms with Crippen LogP contribution in [0.3, 0.4) is 0 Å². The molecule has 2 unspecified atom stereocenters. The van der Waals surface area contributed by atoms with Gasteiger partial charge in [-0.3, -0.25) is 4.79 Å². The molecule has 1 aliphatic rings. The number of H-pyrrole nitrogens is 1. The minimum Gasteiger partial charge on any atom is -0.356 e. The van der Waals surface area contributed by atoms with Crippen LogP contribution in [-0.4, -0.2) is 36.8 Å². The van der Waals surface area contributed by atoms with Crippen molar-refractivity contribution in [2.24, 2.45) is 5.92 Å². The van der Waals surface area contributed by atoms with Crippen molar-refractivity contribution < 1.29 is 13.2 Å². The first-order valence-corrected chi connectivity index (χ1v) is 8.54. The summed E-state index contributed by atoms with van der Waals surface area (Å²) in [6.45, 7) is 4.88. The number of carbonyl (C=O) groups excluding carboxylic acids is 1. The average Bonchev–Trinajstić information content (AvgIpc) is 2.76. The minimum absolute atomic E-state index is 0.0736. The normalized spacial score (nSPS) is 24.5. The molecule has 2 heterocycles. The Labute approximate surface area is 117 Å². The molecule has 1 amide bonds. The van der Waals surface area contributed by atoms with Crippen LogP contribution in [0, 0.1) is 5.92 Å². The number of likely N-dealkylation sites (tertiary alicyclic amines) is 1. The second-order valence-corrected chi connectivity index (χ2v) is 7.73. The highest BCUT2D eigenvalue weighted by atomic mass is 35.7. The van der Waals surface area contributed by atoms with Crippen LogP contribution in [0.15, 0.2) is 17.2 Å². The van der Waals surface area contributed by atoms with Gasteiger partial charge >= 0.3 is 0 Å². The zero-order valence-electron chi connectivity index (χ0n) is 10.9. The van der Waals surface area contributed by atoms with Gasteiger partial charge in [-0.05, 0) is 31.7 Å². The van der Waals surface area contributed by atoms with E-state index in [0.717, 1.165) is 12.8 Å². The number of aromatic nitrogens is 1. The number of hydrogen-bond acceptors (Lipinski definition) is 3. The Morgan fingerprint density at radius 3 is 2.68 bits per heavy atom. The second kappa shape index (κ2) is 5.17. The van der Waals surface area contributed by atoms with E-state index in [2.05, 4.69) is 11.9 Å². The number of halogens is 1. The van der Waals surface area contributed by atoms with Crippen molar-refractivity contribution in [3.05, 3.63) is 18.0 Å². The summed E-state index contributed by atoms with van der Waals surface area (Å²) in [6, 6.07) is 1.45. The van der Waals surface area contributed by atoms with Crippen molar-refractivity contribution in [3.8, 4) is 0 Å². The van der Waals surface area contributed by atoms with E-state index in [4.69, 9.17) is 10.7 Å². The van der Waals surface area contributed by atoms with Gasteiger partial charge in [-0.2, -0.15) is 0 Å². The topological polar surface area (TPSA) is 70.2 Å². The SMILES string of the molecule is CC1CCN(C(=O)c2cc(S(=O)(=O)Cl)c[nH]2)C(C)C1. The highest BCUT2D eigenvalue weighted by Crippen LogP contribution is 2.24. The van der Waals surface area contributed by atoms with Gasteiger partial charge in [0, 0.05) is 29.5 Å². The van der Waals surface area contributed by atoms with Crippen LogP contribution in [0.5, 0.6) is 0 Å². The molecule has 19 heavy (non-hydrogen) atoms. The van der Waals surface area contributed by atoms with Crippen LogP contribution in [0.1, 0.15) is 37.2 Å². The molecule has 1 aliphatic heterocycles. The highest BCUT2D eigenvalue weighted by Gasteiger charge is 2.28. The van der Waals surface area contributed by atoms with Crippen LogP contribution in [0.4, 0.5) is 0 Å². The predicted octanol–water partition coefficient (Wildman–Crippen LogP) is 2.20. The fourth-order valence-electron chi connectivity index (χ4n) is 2.50. The number of nitrogens with zero attached hydrogens (tertiary/aromatic N) is 1. The lowest BCUT2D eigenvalue weighted by Crippen LogP contribution is -2.44. The van der Waals surface area contributed by atoms with Crippen molar-refractivity contribution in [1.82, 2.24) is 9.88 Å². The molecule has 106 valence electrons. The molecule has 0 saturated carbocycles. The summed E-state index contributed by atoms with van der Waals surface area (Å²) in [4.78, 5) is 16.7. The molecule has 0 spiro atoms. The second-order valence-electron chi connectivity index (χ2n) is 5.16. The molecule has 1 aromatic heterocycles. The van der Waals surface area contributed by atoms with Crippen molar-refractivity contribution in [2.75, 3.05) is 6.54 Å². The Balaban J connectivity index is 2.18. The maximum atomic E-state index is 12.3. The van der Waals surface area contributed by atoms with Crippen molar-refractivity contribution in [1.29, 1.82) is 0 Å². The third kappa shape index (κ3) is 3.12. The smallest absolute Gasteiger partial charge is 0.270 e. The summed E-state index contributed by atoms with van der Waals surface area (Å²) >= 11 is 0. The Morgan fingerprint density at radius 2 is 2.16 bits per heavy atom. The summed E-state index contributed by atoms with van der Waals surface area (Å²) in [5.41, 5.74) is 0.264. The summed E-state index contributed by atoms with van der Waals surface area (Å²) in [5.74, 6) is 0.437. The molecule has 1 N–H and O–H groups in total. The summed E-state index contributed by atoms with van der Waals surface area (Å²) in [6.07, 6.45) is 3.18. The molecule has 0 radical (unpaired) electrons. The van der Waals surface area contributed by atoms with E-state index in [-0.39, 0.29) is 22.5 Å². The Morgan fingerprint density at radius 1 is 1.47 bits per heavy atom. The number of aromatic amines is 1.